The fraction of sp³-hybridized carbons (Fsp3) is 0.222. The normalized spacial score (nSPS) is 11.4. The summed E-state index contributed by atoms with van der Waals surface area (Å²) in [7, 11) is 0. The Morgan fingerprint density at radius 3 is 2.71 bits per heavy atom. The third-order valence-electron chi connectivity index (χ3n) is 3.11. The summed E-state index contributed by atoms with van der Waals surface area (Å²) in [6.07, 6.45) is -0.288. The highest BCUT2D eigenvalue weighted by molar-refractivity contribution is 7.99. The van der Waals surface area contributed by atoms with Gasteiger partial charge >= 0.3 is 0 Å². The van der Waals surface area contributed by atoms with E-state index in [0.29, 0.717) is 23.6 Å². The van der Waals surface area contributed by atoms with E-state index in [-0.39, 0.29) is 11.7 Å². The second kappa shape index (κ2) is 8.94. The van der Waals surface area contributed by atoms with Crippen LogP contribution < -0.4 is 10.1 Å². The molecule has 0 aliphatic rings. The summed E-state index contributed by atoms with van der Waals surface area (Å²) in [6.45, 7) is 1.63. The molecule has 0 aliphatic carbocycles. The summed E-state index contributed by atoms with van der Waals surface area (Å²) in [5.74, 6) is 0.427. The number of thioether (sulfide) groups is 1. The molecular formula is C18H17FN2O2S. The molecule has 2 rings (SSSR count). The van der Waals surface area contributed by atoms with Gasteiger partial charge < -0.3 is 10.1 Å². The van der Waals surface area contributed by atoms with Gasteiger partial charge in [0.2, 0.25) is 0 Å². The second-order valence-corrected chi connectivity index (χ2v) is 6.09. The number of benzene rings is 2. The van der Waals surface area contributed by atoms with Gasteiger partial charge in [-0.25, -0.2) is 4.39 Å². The smallest absolute Gasteiger partial charge is 0.265 e. The number of halogens is 1. The molecule has 4 nitrogen and oxygen atoms in total. The molecule has 0 spiro atoms. The Hall–Kier alpha value is -2.52. The molecule has 2 aromatic carbocycles. The van der Waals surface area contributed by atoms with Crippen molar-refractivity contribution in [3.63, 3.8) is 0 Å². The van der Waals surface area contributed by atoms with Crippen LogP contribution in [0.25, 0.3) is 0 Å². The maximum absolute atomic E-state index is 12.9. The number of amides is 1. The molecule has 24 heavy (non-hydrogen) atoms. The minimum Gasteiger partial charge on any atom is -0.481 e. The lowest BCUT2D eigenvalue weighted by Gasteiger charge is -2.16. The summed E-state index contributed by atoms with van der Waals surface area (Å²) in [5, 5.41) is 11.4. The Labute approximate surface area is 144 Å². The Bertz CT molecular complexity index is 729. The number of hydrogen-bond acceptors (Lipinski definition) is 4. The predicted octanol–water partition coefficient (Wildman–Crippen LogP) is 4.24. The van der Waals surface area contributed by atoms with E-state index in [1.807, 2.05) is 18.2 Å². The van der Waals surface area contributed by atoms with Crippen LogP contribution in [0.4, 0.5) is 10.1 Å². The van der Waals surface area contributed by atoms with E-state index < -0.39 is 6.10 Å². The zero-order valence-electron chi connectivity index (χ0n) is 13.2. The number of carbonyl (C=O) groups is 1. The van der Waals surface area contributed by atoms with Crippen molar-refractivity contribution in [3.8, 4) is 11.8 Å². The number of nitrogens with one attached hydrogen (secondary N) is 1. The quantitative estimate of drug-likeness (QED) is 0.603. The average molecular weight is 344 g/mol. The van der Waals surface area contributed by atoms with Gasteiger partial charge in [0.05, 0.1) is 11.8 Å². The molecule has 6 heteroatoms. The number of ether oxygens (including phenoxy) is 1. The Morgan fingerprint density at radius 2 is 2.00 bits per heavy atom. The molecule has 0 heterocycles. The first-order valence-corrected chi connectivity index (χ1v) is 8.40. The van der Waals surface area contributed by atoms with Crippen molar-refractivity contribution in [1.29, 1.82) is 5.26 Å². The highest BCUT2D eigenvalue weighted by atomic mass is 32.2. The number of nitriles is 1. The van der Waals surface area contributed by atoms with Crippen LogP contribution in [0.1, 0.15) is 13.3 Å². The third kappa shape index (κ3) is 5.28. The number of carbonyl (C=O) groups excluding carboxylic acids is 1. The number of para-hydroxylation sites is 1. The van der Waals surface area contributed by atoms with E-state index in [0.717, 1.165) is 4.90 Å². The molecule has 0 saturated heterocycles. The van der Waals surface area contributed by atoms with Gasteiger partial charge in [-0.15, -0.1) is 11.8 Å². The lowest BCUT2D eigenvalue weighted by molar-refractivity contribution is -0.122. The van der Waals surface area contributed by atoms with Crippen LogP contribution in [0.5, 0.6) is 5.75 Å². The first-order valence-electron chi connectivity index (χ1n) is 7.42. The summed E-state index contributed by atoms with van der Waals surface area (Å²) in [6, 6.07) is 15.0. The maximum atomic E-state index is 12.9. The SMILES string of the molecule is C[C@@H](Oc1ccc(F)cc1)C(=O)Nc1ccccc1SCCC#N. The van der Waals surface area contributed by atoms with Crippen molar-refractivity contribution in [2.75, 3.05) is 11.1 Å². The van der Waals surface area contributed by atoms with Crippen molar-refractivity contribution in [1.82, 2.24) is 0 Å². The number of anilines is 1. The van der Waals surface area contributed by atoms with Crippen LogP contribution in [-0.2, 0) is 4.79 Å². The standard InChI is InChI=1S/C18H17FN2O2S/c1-13(23-15-9-7-14(19)8-10-15)18(22)21-16-5-2-3-6-17(16)24-12-4-11-20/h2-3,5-10,13H,4,12H2,1H3,(H,21,22)/t13-/m1/s1. The Balaban J connectivity index is 1.98. The zero-order chi connectivity index (χ0) is 17.4. The molecule has 0 radical (unpaired) electrons. The van der Waals surface area contributed by atoms with Crippen LogP contribution in [0.3, 0.4) is 0 Å². The summed E-state index contributed by atoms with van der Waals surface area (Å²) < 4.78 is 18.4. The fourth-order valence-corrected chi connectivity index (χ4v) is 2.77. The molecule has 0 aromatic heterocycles. The minimum atomic E-state index is -0.729. The van der Waals surface area contributed by atoms with Crippen molar-refractivity contribution in [2.45, 2.75) is 24.3 Å². The van der Waals surface area contributed by atoms with Gasteiger partial charge in [0.15, 0.2) is 6.10 Å². The van der Waals surface area contributed by atoms with Crippen LogP contribution >= 0.6 is 11.8 Å². The molecule has 0 fully saturated rings. The Kier molecular flexibility index (Phi) is 6.64. The van der Waals surface area contributed by atoms with Crippen molar-refractivity contribution < 1.29 is 13.9 Å². The lowest BCUT2D eigenvalue weighted by atomic mass is 10.3. The van der Waals surface area contributed by atoms with Gasteiger partial charge in [-0.3, -0.25) is 4.79 Å². The van der Waals surface area contributed by atoms with Crippen molar-refractivity contribution in [3.05, 3.63) is 54.3 Å². The van der Waals surface area contributed by atoms with Gasteiger partial charge in [0.1, 0.15) is 11.6 Å². The number of rotatable bonds is 7. The molecule has 1 amide bonds. The van der Waals surface area contributed by atoms with E-state index in [1.165, 1.54) is 36.0 Å². The summed E-state index contributed by atoms with van der Waals surface area (Å²) in [5.41, 5.74) is 0.681. The molecule has 0 saturated carbocycles. The molecule has 124 valence electrons. The van der Waals surface area contributed by atoms with Crippen LogP contribution in [0, 0.1) is 17.1 Å². The largest absolute Gasteiger partial charge is 0.481 e. The molecule has 0 aliphatic heterocycles. The van der Waals surface area contributed by atoms with E-state index in [2.05, 4.69) is 11.4 Å². The average Bonchev–Trinajstić information content (AvgIpc) is 2.58. The minimum absolute atomic E-state index is 0.298. The van der Waals surface area contributed by atoms with Gasteiger partial charge in [-0.2, -0.15) is 5.26 Å². The van der Waals surface area contributed by atoms with E-state index in [1.54, 1.807) is 13.0 Å². The highest BCUT2D eigenvalue weighted by Crippen LogP contribution is 2.27. The number of hydrogen-bond donors (Lipinski definition) is 1. The van der Waals surface area contributed by atoms with E-state index >= 15 is 0 Å². The molecule has 2 aromatic rings. The number of nitrogens with zero attached hydrogens (tertiary/aromatic N) is 1. The van der Waals surface area contributed by atoms with Crippen molar-refractivity contribution in [2.24, 2.45) is 0 Å². The molecule has 0 unspecified atom stereocenters. The first-order chi connectivity index (χ1) is 11.6. The summed E-state index contributed by atoms with van der Waals surface area (Å²) >= 11 is 1.51. The lowest BCUT2D eigenvalue weighted by Crippen LogP contribution is -2.30. The Morgan fingerprint density at radius 1 is 1.29 bits per heavy atom. The van der Waals surface area contributed by atoms with Gasteiger partial charge in [-0.05, 0) is 43.3 Å². The molecule has 1 N–H and O–H groups in total. The first kappa shape index (κ1) is 17.8. The third-order valence-corrected chi connectivity index (χ3v) is 4.19. The molecule has 0 bridgehead atoms. The van der Waals surface area contributed by atoms with Gasteiger partial charge in [-0.1, -0.05) is 12.1 Å². The van der Waals surface area contributed by atoms with Crippen LogP contribution in [0.15, 0.2) is 53.4 Å². The monoisotopic (exact) mass is 344 g/mol. The van der Waals surface area contributed by atoms with Crippen molar-refractivity contribution >= 4 is 23.4 Å². The van der Waals surface area contributed by atoms with Gasteiger partial charge in [0, 0.05) is 17.1 Å². The predicted molar refractivity (Wildman–Crippen MR) is 92.5 cm³/mol. The topological polar surface area (TPSA) is 62.1 Å². The van der Waals surface area contributed by atoms with Gasteiger partial charge in [0.25, 0.3) is 5.91 Å². The van der Waals surface area contributed by atoms with E-state index in [4.69, 9.17) is 10.00 Å². The van der Waals surface area contributed by atoms with E-state index in [9.17, 15) is 9.18 Å². The zero-order valence-corrected chi connectivity index (χ0v) is 14.0. The highest BCUT2D eigenvalue weighted by Gasteiger charge is 2.16. The summed E-state index contributed by atoms with van der Waals surface area (Å²) in [4.78, 5) is 13.2. The fourth-order valence-electron chi connectivity index (χ4n) is 1.91. The second-order valence-electron chi connectivity index (χ2n) is 4.96. The maximum Gasteiger partial charge on any atom is 0.265 e. The molecular weight excluding hydrogens is 327 g/mol. The van der Waals surface area contributed by atoms with Crippen LogP contribution in [0.2, 0.25) is 0 Å². The van der Waals surface area contributed by atoms with Crippen LogP contribution in [-0.4, -0.2) is 17.8 Å². The molecule has 1 atom stereocenters.